The summed E-state index contributed by atoms with van der Waals surface area (Å²) in [5, 5.41) is 2.94. The summed E-state index contributed by atoms with van der Waals surface area (Å²) in [6.45, 7) is 0. The largest absolute Gasteiger partial charge is 0.322 e. The molecule has 0 unspecified atom stereocenters. The van der Waals surface area contributed by atoms with Crippen LogP contribution in [0.25, 0.3) is 0 Å². The van der Waals surface area contributed by atoms with E-state index in [0.717, 1.165) is 15.7 Å². The molecule has 2 nitrogen and oxygen atoms in total. The van der Waals surface area contributed by atoms with Crippen molar-refractivity contribution >= 4 is 50.7 Å². The molecule has 1 amide bonds. The second-order valence-electron chi connectivity index (χ2n) is 5.04. The SMILES string of the molecule is O=C(Nc1ccccc1[C@H]1CC1(Cl)Cl)c1ccccc1Br. The first kappa shape index (κ1) is 14.9. The Labute approximate surface area is 141 Å². The Bertz CT molecular complexity index is 702. The number of benzene rings is 2. The predicted octanol–water partition coefficient (Wildman–Crippen LogP) is 5.36. The number of nitrogens with one attached hydrogen (secondary N) is 1. The van der Waals surface area contributed by atoms with Gasteiger partial charge >= 0.3 is 0 Å². The van der Waals surface area contributed by atoms with Crippen LogP contribution in [0.1, 0.15) is 28.3 Å². The third kappa shape index (κ3) is 3.10. The van der Waals surface area contributed by atoms with Crippen LogP contribution in [0.2, 0.25) is 0 Å². The zero-order valence-corrected chi connectivity index (χ0v) is 14.0. The molecule has 0 radical (unpaired) electrons. The van der Waals surface area contributed by atoms with Crippen LogP contribution in [0.5, 0.6) is 0 Å². The Balaban J connectivity index is 1.86. The van der Waals surface area contributed by atoms with Gasteiger partial charge in [-0.1, -0.05) is 30.3 Å². The first-order valence-electron chi connectivity index (χ1n) is 6.51. The molecule has 1 aliphatic rings. The average Bonchev–Trinajstić information content (AvgIpc) is 3.08. The molecule has 2 aromatic carbocycles. The van der Waals surface area contributed by atoms with Gasteiger partial charge in [-0.2, -0.15) is 0 Å². The first-order valence-corrected chi connectivity index (χ1v) is 8.06. The van der Waals surface area contributed by atoms with Crippen molar-refractivity contribution in [2.24, 2.45) is 0 Å². The van der Waals surface area contributed by atoms with Gasteiger partial charge in [0.05, 0.1) is 5.56 Å². The van der Waals surface area contributed by atoms with E-state index < -0.39 is 4.33 Å². The highest BCUT2D eigenvalue weighted by Crippen LogP contribution is 2.60. The molecule has 1 N–H and O–H groups in total. The molecule has 0 spiro atoms. The molecule has 0 heterocycles. The maximum Gasteiger partial charge on any atom is 0.256 e. The third-order valence-electron chi connectivity index (χ3n) is 3.53. The van der Waals surface area contributed by atoms with E-state index in [2.05, 4.69) is 21.2 Å². The smallest absolute Gasteiger partial charge is 0.256 e. The minimum atomic E-state index is -0.714. The van der Waals surface area contributed by atoms with E-state index in [4.69, 9.17) is 23.2 Å². The average molecular weight is 385 g/mol. The minimum absolute atomic E-state index is 0.0662. The number of carbonyl (C=O) groups excluding carboxylic acids is 1. The summed E-state index contributed by atoms with van der Waals surface area (Å²) in [7, 11) is 0. The molecule has 108 valence electrons. The zero-order valence-electron chi connectivity index (χ0n) is 10.9. The van der Waals surface area contributed by atoms with Gasteiger partial charge in [0.2, 0.25) is 0 Å². The molecular formula is C16H12BrCl2NO. The summed E-state index contributed by atoms with van der Waals surface area (Å²) in [4.78, 5) is 12.4. The standard InChI is InChI=1S/C16H12BrCl2NO/c17-13-7-3-1-6-11(13)15(21)20-14-8-4-2-5-10(14)12-9-16(12,18)19/h1-8,12H,9H2,(H,20,21)/t12-/m1/s1. The van der Waals surface area contributed by atoms with E-state index in [-0.39, 0.29) is 11.8 Å². The molecule has 0 bridgehead atoms. The van der Waals surface area contributed by atoms with Gasteiger partial charge in [0.25, 0.3) is 5.91 Å². The van der Waals surface area contributed by atoms with Crippen molar-refractivity contribution in [1.82, 2.24) is 0 Å². The van der Waals surface area contributed by atoms with Gasteiger partial charge in [-0.3, -0.25) is 4.79 Å². The first-order chi connectivity index (χ1) is 9.99. The Morgan fingerprint density at radius 2 is 1.76 bits per heavy atom. The van der Waals surface area contributed by atoms with Crippen molar-refractivity contribution in [3.63, 3.8) is 0 Å². The van der Waals surface area contributed by atoms with Crippen molar-refractivity contribution in [1.29, 1.82) is 0 Å². The van der Waals surface area contributed by atoms with Gasteiger partial charge in [0, 0.05) is 16.1 Å². The number of para-hydroxylation sites is 1. The van der Waals surface area contributed by atoms with Crippen LogP contribution in [0, 0.1) is 0 Å². The molecule has 1 fully saturated rings. The fourth-order valence-electron chi connectivity index (χ4n) is 2.30. The number of halogens is 3. The van der Waals surface area contributed by atoms with Crippen LogP contribution < -0.4 is 5.32 Å². The Morgan fingerprint density at radius 1 is 1.14 bits per heavy atom. The molecule has 0 aromatic heterocycles. The molecule has 2 aromatic rings. The maximum absolute atomic E-state index is 12.4. The summed E-state index contributed by atoms with van der Waals surface area (Å²) in [5.74, 6) is -0.0955. The molecular weight excluding hydrogens is 373 g/mol. The van der Waals surface area contributed by atoms with Crippen molar-refractivity contribution < 1.29 is 4.79 Å². The summed E-state index contributed by atoms with van der Waals surface area (Å²) >= 11 is 15.7. The van der Waals surface area contributed by atoms with Crippen LogP contribution in [0.15, 0.2) is 53.0 Å². The second kappa shape index (κ2) is 5.64. The lowest BCUT2D eigenvalue weighted by molar-refractivity contribution is 0.102. The van der Waals surface area contributed by atoms with Crippen LogP contribution in [0.3, 0.4) is 0 Å². The van der Waals surface area contributed by atoms with Crippen LogP contribution in [-0.2, 0) is 0 Å². The zero-order chi connectivity index (χ0) is 15.0. The fourth-order valence-corrected chi connectivity index (χ4v) is 3.31. The second-order valence-corrected chi connectivity index (χ2v) is 7.44. The topological polar surface area (TPSA) is 29.1 Å². The lowest BCUT2D eigenvalue weighted by Gasteiger charge is -2.12. The molecule has 1 saturated carbocycles. The van der Waals surface area contributed by atoms with Crippen molar-refractivity contribution in [3.05, 3.63) is 64.1 Å². The highest BCUT2D eigenvalue weighted by molar-refractivity contribution is 9.10. The minimum Gasteiger partial charge on any atom is -0.322 e. The maximum atomic E-state index is 12.4. The number of rotatable bonds is 3. The number of hydrogen-bond donors (Lipinski definition) is 1. The highest BCUT2D eigenvalue weighted by atomic mass is 79.9. The summed E-state index contributed by atoms with van der Waals surface area (Å²) in [6, 6.07) is 14.9. The van der Waals surface area contributed by atoms with E-state index in [1.807, 2.05) is 42.5 Å². The summed E-state index contributed by atoms with van der Waals surface area (Å²) < 4.78 is 0.0455. The lowest BCUT2D eigenvalue weighted by atomic mass is 10.1. The third-order valence-corrected chi connectivity index (χ3v) is 5.06. The van der Waals surface area contributed by atoms with E-state index in [1.54, 1.807) is 6.07 Å². The van der Waals surface area contributed by atoms with E-state index in [1.165, 1.54) is 0 Å². The van der Waals surface area contributed by atoms with E-state index >= 15 is 0 Å². The molecule has 21 heavy (non-hydrogen) atoms. The monoisotopic (exact) mass is 383 g/mol. The number of alkyl halides is 2. The van der Waals surface area contributed by atoms with E-state index in [9.17, 15) is 4.79 Å². The summed E-state index contributed by atoms with van der Waals surface area (Å²) in [6.07, 6.45) is 0.706. The van der Waals surface area contributed by atoms with Crippen LogP contribution >= 0.6 is 39.1 Å². The molecule has 0 saturated heterocycles. The van der Waals surface area contributed by atoms with Gasteiger partial charge in [-0.15, -0.1) is 23.2 Å². The molecule has 0 aliphatic heterocycles. The van der Waals surface area contributed by atoms with Crippen LogP contribution in [-0.4, -0.2) is 10.2 Å². The number of anilines is 1. The van der Waals surface area contributed by atoms with Gasteiger partial charge in [-0.05, 0) is 46.1 Å². The van der Waals surface area contributed by atoms with Gasteiger partial charge in [0.15, 0.2) is 0 Å². The molecule has 3 rings (SSSR count). The fraction of sp³-hybridized carbons (Fsp3) is 0.188. The van der Waals surface area contributed by atoms with E-state index in [0.29, 0.717) is 12.0 Å². The molecule has 1 aliphatic carbocycles. The highest BCUT2D eigenvalue weighted by Gasteiger charge is 2.53. The van der Waals surface area contributed by atoms with Crippen molar-refractivity contribution in [2.45, 2.75) is 16.7 Å². The van der Waals surface area contributed by atoms with Gasteiger partial charge < -0.3 is 5.32 Å². The summed E-state index contributed by atoms with van der Waals surface area (Å²) in [5.41, 5.74) is 2.32. The predicted molar refractivity (Wildman–Crippen MR) is 90.3 cm³/mol. The van der Waals surface area contributed by atoms with Crippen molar-refractivity contribution in [2.75, 3.05) is 5.32 Å². The van der Waals surface area contributed by atoms with Crippen LogP contribution in [0.4, 0.5) is 5.69 Å². The Hall–Kier alpha value is -1.03. The quantitative estimate of drug-likeness (QED) is 0.708. The Kier molecular flexibility index (Phi) is 4.00. The Morgan fingerprint density at radius 3 is 2.43 bits per heavy atom. The number of amides is 1. The number of hydrogen-bond acceptors (Lipinski definition) is 1. The normalized spacial score (nSPS) is 19.1. The number of carbonyl (C=O) groups is 1. The van der Waals surface area contributed by atoms with Crippen molar-refractivity contribution in [3.8, 4) is 0 Å². The molecule has 1 atom stereocenters. The van der Waals surface area contributed by atoms with Gasteiger partial charge in [-0.25, -0.2) is 0 Å². The van der Waals surface area contributed by atoms with Gasteiger partial charge in [0.1, 0.15) is 4.33 Å². The lowest BCUT2D eigenvalue weighted by Crippen LogP contribution is -2.14. The molecule has 5 heteroatoms.